The average Bonchev–Trinajstić information content (AvgIpc) is 2.28. The lowest BCUT2D eigenvalue weighted by Crippen LogP contribution is -1.89. The summed E-state index contributed by atoms with van der Waals surface area (Å²) in [4.78, 5) is 0. The third kappa shape index (κ3) is 6.78. The minimum Gasteiger partial charge on any atom is -0.362 e. The molecule has 0 aliphatic rings. The average molecular weight is 207 g/mol. The Morgan fingerprint density at radius 3 is 2.00 bits per heavy atom. The van der Waals surface area contributed by atoms with Crippen LogP contribution in [0.5, 0.6) is 0 Å². The van der Waals surface area contributed by atoms with Crippen molar-refractivity contribution in [3.05, 3.63) is 42.1 Å². The Hall–Kier alpha value is -1.24. The van der Waals surface area contributed by atoms with Gasteiger partial charge in [-0.15, -0.1) is 0 Å². The molecule has 1 N–H and O–H groups in total. The Balaban J connectivity index is 0. The third-order valence-electron chi connectivity index (χ3n) is 1.64. The number of rotatable bonds is 2. The lowest BCUT2D eigenvalue weighted by atomic mass is 10.1. The molecule has 0 aliphatic carbocycles. The van der Waals surface area contributed by atoms with Crippen molar-refractivity contribution >= 4 is 5.69 Å². The Bertz CT molecular complexity index is 264. The molecule has 0 bridgehead atoms. The Kier molecular flexibility index (Phi) is 11.7. The van der Waals surface area contributed by atoms with Crippen molar-refractivity contribution < 1.29 is 0 Å². The second-order valence-electron chi connectivity index (χ2n) is 2.67. The highest BCUT2D eigenvalue weighted by atomic mass is 14.8. The van der Waals surface area contributed by atoms with Gasteiger partial charge in [-0.25, -0.2) is 0 Å². The molecule has 0 saturated carbocycles. The van der Waals surface area contributed by atoms with Crippen LogP contribution in [0.25, 0.3) is 0 Å². The summed E-state index contributed by atoms with van der Waals surface area (Å²) in [5, 5.41) is 3.07. The summed E-state index contributed by atoms with van der Waals surface area (Å²) in [5.41, 5.74) is 3.67. The van der Waals surface area contributed by atoms with Gasteiger partial charge in [0.15, 0.2) is 0 Å². The summed E-state index contributed by atoms with van der Waals surface area (Å²) in [6, 6.07) is 6.29. The minimum absolute atomic E-state index is 1.13. The molecule has 0 amide bonds. The summed E-state index contributed by atoms with van der Waals surface area (Å²) in [6.45, 7) is 15.8. The number of nitrogens with one attached hydrogen (secondary N) is 1. The second-order valence-corrected chi connectivity index (χ2v) is 2.67. The molecule has 0 aromatic heterocycles. The number of hydrogen-bond acceptors (Lipinski definition) is 1. The molecular weight excluding hydrogens is 182 g/mol. The molecule has 1 heteroatoms. The van der Waals surface area contributed by atoms with Gasteiger partial charge in [0.25, 0.3) is 0 Å². The van der Waals surface area contributed by atoms with E-state index in [4.69, 9.17) is 0 Å². The maximum absolute atomic E-state index is 3.61. The van der Waals surface area contributed by atoms with E-state index >= 15 is 0 Å². The van der Waals surface area contributed by atoms with Crippen molar-refractivity contribution in [1.82, 2.24) is 0 Å². The van der Waals surface area contributed by atoms with Gasteiger partial charge in [0.2, 0.25) is 0 Å². The van der Waals surface area contributed by atoms with Gasteiger partial charge in [-0.05, 0) is 31.7 Å². The Morgan fingerprint density at radius 1 is 1.07 bits per heavy atom. The van der Waals surface area contributed by atoms with Crippen molar-refractivity contribution in [2.75, 3.05) is 5.32 Å². The zero-order valence-corrected chi connectivity index (χ0v) is 11.0. The van der Waals surface area contributed by atoms with Crippen LogP contribution in [0, 0.1) is 13.8 Å². The van der Waals surface area contributed by atoms with E-state index in [0.717, 1.165) is 5.69 Å². The molecule has 0 aliphatic heterocycles. The van der Waals surface area contributed by atoms with Crippen LogP contribution in [0.2, 0.25) is 0 Å². The molecule has 0 unspecified atom stereocenters. The van der Waals surface area contributed by atoms with E-state index in [9.17, 15) is 0 Å². The monoisotopic (exact) mass is 207 g/mol. The first-order chi connectivity index (χ1) is 7.24. The van der Waals surface area contributed by atoms with Crippen LogP contribution in [0.15, 0.2) is 31.0 Å². The van der Waals surface area contributed by atoms with Crippen molar-refractivity contribution in [1.29, 1.82) is 0 Å². The highest BCUT2D eigenvalue weighted by Gasteiger charge is 1.93. The fraction of sp³-hybridized carbons (Fsp3) is 0.429. The SMILES string of the molecule is C=CNc1ccc(C)cc1C.CC.CC. The van der Waals surface area contributed by atoms with Gasteiger partial charge in [-0.2, -0.15) is 0 Å². The number of anilines is 1. The quantitative estimate of drug-likeness (QED) is 0.726. The van der Waals surface area contributed by atoms with Gasteiger partial charge < -0.3 is 5.32 Å². The topological polar surface area (TPSA) is 12.0 Å². The zero-order valence-electron chi connectivity index (χ0n) is 11.0. The van der Waals surface area contributed by atoms with Crippen molar-refractivity contribution in [3.8, 4) is 0 Å². The van der Waals surface area contributed by atoms with E-state index < -0.39 is 0 Å². The molecule has 1 aromatic rings. The molecule has 86 valence electrons. The van der Waals surface area contributed by atoms with Gasteiger partial charge >= 0.3 is 0 Å². The highest BCUT2D eigenvalue weighted by Crippen LogP contribution is 2.15. The zero-order chi connectivity index (χ0) is 12.3. The van der Waals surface area contributed by atoms with Crippen LogP contribution >= 0.6 is 0 Å². The smallest absolute Gasteiger partial charge is 0.0409 e. The molecule has 0 fully saturated rings. The van der Waals surface area contributed by atoms with E-state index in [-0.39, 0.29) is 0 Å². The first kappa shape index (κ1) is 16.2. The van der Waals surface area contributed by atoms with Crippen molar-refractivity contribution in [2.45, 2.75) is 41.5 Å². The Labute approximate surface area is 95.2 Å². The second kappa shape index (κ2) is 10.8. The van der Waals surface area contributed by atoms with Crippen molar-refractivity contribution in [2.24, 2.45) is 0 Å². The van der Waals surface area contributed by atoms with Gasteiger partial charge in [0.1, 0.15) is 0 Å². The van der Waals surface area contributed by atoms with Crippen LogP contribution in [-0.4, -0.2) is 0 Å². The lowest BCUT2D eigenvalue weighted by Gasteiger charge is -2.04. The summed E-state index contributed by atoms with van der Waals surface area (Å²) >= 11 is 0. The first-order valence-corrected chi connectivity index (χ1v) is 5.68. The minimum atomic E-state index is 1.13. The first-order valence-electron chi connectivity index (χ1n) is 5.68. The number of aryl methyl sites for hydroxylation is 2. The predicted octanol–water partition coefficient (Wildman–Crippen LogP) is 4.91. The fourth-order valence-corrected chi connectivity index (χ4v) is 1.09. The highest BCUT2D eigenvalue weighted by molar-refractivity contribution is 5.53. The molecule has 1 rings (SSSR count). The molecule has 0 spiro atoms. The molecule has 0 radical (unpaired) electrons. The Morgan fingerprint density at radius 2 is 1.60 bits per heavy atom. The van der Waals surface area contributed by atoms with Crippen LogP contribution in [0.4, 0.5) is 5.69 Å². The maximum atomic E-state index is 3.61. The molecule has 1 aromatic carbocycles. The molecule has 0 saturated heterocycles. The van der Waals surface area contributed by atoms with Crippen LogP contribution in [0.3, 0.4) is 0 Å². The van der Waals surface area contributed by atoms with E-state index in [0.29, 0.717) is 0 Å². The van der Waals surface area contributed by atoms with Gasteiger partial charge in [0, 0.05) is 5.69 Å². The molecule has 0 heterocycles. The maximum Gasteiger partial charge on any atom is 0.0409 e. The number of benzene rings is 1. The van der Waals surface area contributed by atoms with Gasteiger partial charge in [0.05, 0.1) is 0 Å². The predicted molar refractivity (Wildman–Crippen MR) is 72.4 cm³/mol. The van der Waals surface area contributed by atoms with Gasteiger partial charge in [-0.1, -0.05) is 52.0 Å². The summed E-state index contributed by atoms with van der Waals surface area (Å²) < 4.78 is 0. The molecule has 15 heavy (non-hydrogen) atoms. The van der Waals surface area contributed by atoms with Crippen LogP contribution in [0.1, 0.15) is 38.8 Å². The van der Waals surface area contributed by atoms with Crippen LogP contribution < -0.4 is 5.32 Å². The summed E-state index contributed by atoms with van der Waals surface area (Å²) in [7, 11) is 0. The molecule has 1 nitrogen and oxygen atoms in total. The van der Waals surface area contributed by atoms with E-state index in [1.807, 2.05) is 27.7 Å². The normalized spacial score (nSPS) is 7.60. The summed E-state index contributed by atoms with van der Waals surface area (Å²) in [6.07, 6.45) is 1.69. The van der Waals surface area contributed by atoms with E-state index in [1.165, 1.54) is 11.1 Å². The molecule has 0 atom stereocenters. The van der Waals surface area contributed by atoms with Gasteiger partial charge in [-0.3, -0.25) is 0 Å². The standard InChI is InChI=1S/C10H13N.2C2H6/c1-4-11-10-6-5-8(2)7-9(10)3;2*1-2/h4-7,11H,1H2,2-3H3;2*1-2H3. The third-order valence-corrected chi connectivity index (χ3v) is 1.64. The summed E-state index contributed by atoms with van der Waals surface area (Å²) in [5.74, 6) is 0. The number of hydrogen-bond donors (Lipinski definition) is 1. The molecular formula is C14H25N. The fourth-order valence-electron chi connectivity index (χ4n) is 1.09. The van der Waals surface area contributed by atoms with Crippen LogP contribution in [-0.2, 0) is 0 Å². The lowest BCUT2D eigenvalue weighted by molar-refractivity contribution is 1.37. The van der Waals surface area contributed by atoms with Crippen molar-refractivity contribution in [3.63, 3.8) is 0 Å². The van der Waals surface area contributed by atoms with E-state index in [1.54, 1.807) is 6.20 Å². The largest absolute Gasteiger partial charge is 0.362 e. The van der Waals surface area contributed by atoms with E-state index in [2.05, 4.69) is 43.9 Å².